The number of nitrogens with one attached hydrogen (secondary N) is 1. The molecule has 2 aliphatic rings. The van der Waals surface area contributed by atoms with Gasteiger partial charge in [0.1, 0.15) is 12.0 Å². The molecule has 2 N–H and O–H groups in total. The Labute approximate surface area is 62.9 Å². The zero-order chi connectivity index (χ0) is 8.01. The van der Waals surface area contributed by atoms with E-state index in [1.807, 2.05) is 0 Å². The van der Waals surface area contributed by atoms with Gasteiger partial charge in [0.05, 0.1) is 0 Å². The highest BCUT2D eigenvalue weighted by Gasteiger charge is 2.53. The summed E-state index contributed by atoms with van der Waals surface area (Å²) in [7, 11) is 0. The molecule has 0 amide bonds. The lowest BCUT2D eigenvalue weighted by atomic mass is 10.1. The normalized spacial score (nSPS) is 39.6. The number of carboxylic acid groups (broad SMARTS) is 1. The van der Waals surface area contributed by atoms with Gasteiger partial charge in [-0.25, -0.2) is 4.79 Å². The van der Waals surface area contributed by atoms with E-state index in [1.165, 1.54) is 0 Å². The Bertz CT molecular complexity index is 267. The standard InChI is InChI=1S/C7H7NO3/c9-2-4-3-1-5(3)8-6(4)7(10)11/h3,5-6,8H,1H2,(H,10,11). The molecule has 0 spiro atoms. The van der Waals surface area contributed by atoms with Crippen molar-refractivity contribution in [1.29, 1.82) is 0 Å². The van der Waals surface area contributed by atoms with Crippen LogP contribution in [0.15, 0.2) is 5.57 Å². The quantitative estimate of drug-likeness (QED) is 0.483. The Morgan fingerprint density at radius 1 is 1.73 bits per heavy atom. The molecule has 1 aliphatic heterocycles. The maximum Gasteiger partial charge on any atom is 0.325 e. The summed E-state index contributed by atoms with van der Waals surface area (Å²) in [5.41, 5.74) is 0.391. The van der Waals surface area contributed by atoms with Gasteiger partial charge in [-0.1, -0.05) is 0 Å². The summed E-state index contributed by atoms with van der Waals surface area (Å²) in [5, 5.41) is 11.4. The summed E-state index contributed by atoms with van der Waals surface area (Å²) in [6, 6.07) is -0.538. The van der Waals surface area contributed by atoms with E-state index in [2.05, 4.69) is 5.32 Å². The van der Waals surface area contributed by atoms with Gasteiger partial charge in [-0.05, 0) is 6.42 Å². The van der Waals surface area contributed by atoms with E-state index < -0.39 is 12.0 Å². The molecule has 1 heterocycles. The van der Waals surface area contributed by atoms with Crippen LogP contribution in [0.2, 0.25) is 0 Å². The number of rotatable bonds is 1. The van der Waals surface area contributed by atoms with E-state index in [0.717, 1.165) is 6.42 Å². The van der Waals surface area contributed by atoms with Crippen molar-refractivity contribution >= 4 is 11.9 Å². The monoisotopic (exact) mass is 153 g/mol. The minimum absolute atomic E-state index is 0.161. The maximum atomic E-state index is 10.5. The van der Waals surface area contributed by atoms with Crippen LogP contribution in [0.25, 0.3) is 0 Å². The highest BCUT2D eigenvalue weighted by Crippen LogP contribution is 2.43. The SMILES string of the molecule is O=C=C1C(C(=O)O)NC2CC12. The number of carbonyl (C=O) groups excluding carboxylic acids is 1. The van der Waals surface area contributed by atoms with Crippen molar-refractivity contribution in [2.24, 2.45) is 5.92 Å². The molecule has 0 aromatic heterocycles. The van der Waals surface area contributed by atoms with E-state index in [-0.39, 0.29) is 12.0 Å². The summed E-state index contributed by atoms with van der Waals surface area (Å²) < 4.78 is 0. The first-order valence-electron chi connectivity index (χ1n) is 3.48. The predicted molar refractivity (Wildman–Crippen MR) is 35.7 cm³/mol. The maximum absolute atomic E-state index is 10.5. The van der Waals surface area contributed by atoms with Gasteiger partial charge in [-0.15, -0.1) is 0 Å². The average Bonchev–Trinajstić information content (AvgIpc) is 2.63. The van der Waals surface area contributed by atoms with Crippen LogP contribution < -0.4 is 5.32 Å². The molecule has 1 saturated carbocycles. The zero-order valence-electron chi connectivity index (χ0n) is 5.70. The third kappa shape index (κ3) is 0.803. The first kappa shape index (κ1) is 6.58. The topological polar surface area (TPSA) is 66.4 Å². The number of hydrogen-bond donors (Lipinski definition) is 2. The third-order valence-electron chi connectivity index (χ3n) is 2.25. The van der Waals surface area contributed by atoms with Crippen molar-refractivity contribution in [2.45, 2.75) is 18.5 Å². The van der Waals surface area contributed by atoms with Gasteiger partial charge >= 0.3 is 5.97 Å². The molecule has 0 bridgehead atoms. The largest absolute Gasteiger partial charge is 0.480 e. The average molecular weight is 153 g/mol. The van der Waals surface area contributed by atoms with E-state index in [4.69, 9.17) is 5.11 Å². The highest BCUT2D eigenvalue weighted by molar-refractivity contribution is 5.83. The van der Waals surface area contributed by atoms with Crippen LogP contribution in [-0.4, -0.2) is 29.1 Å². The van der Waals surface area contributed by atoms with Crippen LogP contribution in [-0.2, 0) is 9.59 Å². The Morgan fingerprint density at radius 3 is 2.91 bits per heavy atom. The molecule has 3 atom stereocenters. The number of fused-ring (bicyclic) bond motifs is 1. The van der Waals surface area contributed by atoms with Crippen LogP contribution in [0.1, 0.15) is 6.42 Å². The van der Waals surface area contributed by atoms with Crippen LogP contribution in [0.5, 0.6) is 0 Å². The van der Waals surface area contributed by atoms with E-state index in [0.29, 0.717) is 5.57 Å². The van der Waals surface area contributed by atoms with Gasteiger partial charge in [0.2, 0.25) is 0 Å². The number of carbonyl (C=O) groups is 1. The minimum Gasteiger partial charge on any atom is -0.480 e. The van der Waals surface area contributed by atoms with E-state index >= 15 is 0 Å². The molecule has 0 aromatic rings. The number of hydrogen-bond acceptors (Lipinski definition) is 3. The molecule has 11 heavy (non-hydrogen) atoms. The molecular formula is C7H7NO3. The zero-order valence-corrected chi connectivity index (χ0v) is 5.70. The highest BCUT2D eigenvalue weighted by atomic mass is 16.4. The Balaban J connectivity index is 2.26. The molecule has 4 heteroatoms. The Hall–Kier alpha value is -1.12. The van der Waals surface area contributed by atoms with Crippen molar-refractivity contribution in [3.8, 4) is 0 Å². The van der Waals surface area contributed by atoms with Gasteiger partial charge in [0.15, 0.2) is 0 Å². The third-order valence-corrected chi connectivity index (χ3v) is 2.25. The van der Waals surface area contributed by atoms with Gasteiger partial charge in [0.25, 0.3) is 0 Å². The molecule has 0 radical (unpaired) electrons. The fourth-order valence-corrected chi connectivity index (χ4v) is 1.58. The van der Waals surface area contributed by atoms with Crippen LogP contribution >= 0.6 is 0 Å². The minimum atomic E-state index is -0.976. The fourth-order valence-electron chi connectivity index (χ4n) is 1.58. The van der Waals surface area contributed by atoms with Crippen molar-refractivity contribution in [3.63, 3.8) is 0 Å². The lowest BCUT2D eigenvalue weighted by molar-refractivity contribution is -0.138. The summed E-state index contributed by atoms with van der Waals surface area (Å²) >= 11 is 0. The number of piperidine rings is 1. The second kappa shape index (κ2) is 1.94. The predicted octanol–water partition coefficient (Wildman–Crippen LogP) is -0.811. The van der Waals surface area contributed by atoms with Gasteiger partial charge < -0.3 is 5.11 Å². The van der Waals surface area contributed by atoms with E-state index in [9.17, 15) is 9.59 Å². The lowest BCUT2D eigenvalue weighted by Gasteiger charge is -2.06. The summed E-state index contributed by atoms with van der Waals surface area (Å²) in [6.07, 6.45) is 0.897. The van der Waals surface area contributed by atoms with Crippen LogP contribution in [0, 0.1) is 5.92 Å². The second-order valence-electron chi connectivity index (χ2n) is 2.94. The summed E-state index contributed by atoms with van der Waals surface area (Å²) in [6.45, 7) is 0. The second-order valence-corrected chi connectivity index (χ2v) is 2.94. The van der Waals surface area contributed by atoms with Crippen molar-refractivity contribution < 1.29 is 14.7 Å². The molecule has 2 rings (SSSR count). The molecule has 58 valence electrons. The summed E-state index contributed by atoms with van der Waals surface area (Å²) in [4.78, 5) is 20.8. The molecule has 1 saturated heterocycles. The van der Waals surface area contributed by atoms with Gasteiger partial charge in [0, 0.05) is 17.5 Å². The molecule has 0 aromatic carbocycles. The summed E-state index contributed by atoms with van der Waals surface area (Å²) in [5.74, 6) is 0.894. The van der Waals surface area contributed by atoms with Crippen LogP contribution in [0.4, 0.5) is 0 Å². The Morgan fingerprint density at radius 2 is 2.45 bits per heavy atom. The van der Waals surface area contributed by atoms with Crippen molar-refractivity contribution in [3.05, 3.63) is 5.57 Å². The fraction of sp³-hybridized carbons (Fsp3) is 0.571. The van der Waals surface area contributed by atoms with Gasteiger partial charge in [-0.2, -0.15) is 0 Å². The van der Waals surface area contributed by atoms with Gasteiger partial charge in [-0.3, -0.25) is 10.1 Å². The molecule has 3 unspecified atom stereocenters. The molecular weight excluding hydrogens is 146 g/mol. The Kier molecular flexibility index (Phi) is 1.16. The first-order valence-corrected chi connectivity index (χ1v) is 3.48. The first-order chi connectivity index (χ1) is 5.24. The van der Waals surface area contributed by atoms with Crippen molar-refractivity contribution in [2.75, 3.05) is 0 Å². The molecule has 1 aliphatic carbocycles. The smallest absolute Gasteiger partial charge is 0.325 e. The lowest BCUT2D eigenvalue weighted by Crippen LogP contribution is -2.35. The molecule has 2 fully saturated rings. The number of carboxylic acids is 1. The van der Waals surface area contributed by atoms with E-state index in [1.54, 1.807) is 5.94 Å². The molecule has 4 nitrogen and oxygen atoms in total. The van der Waals surface area contributed by atoms with Crippen LogP contribution in [0.3, 0.4) is 0 Å². The van der Waals surface area contributed by atoms with Crippen molar-refractivity contribution in [1.82, 2.24) is 5.32 Å². The number of aliphatic carboxylic acids is 1.